The molecule has 0 aromatic heterocycles. The van der Waals surface area contributed by atoms with Gasteiger partial charge in [0.1, 0.15) is 0 Å². The average molecular weight is 487 g/mol. The highest BCUT2D eigenvalue weighted by molar-refractivity contribution is 7.92. The number of ether oxygens (including phenoxy) is 1. The topological polar surface area (TPSA) is 92.8 Å². The van der Waals surface area contributed by atoms with Crippen molar-refractivity contribution in [3.05, 3.63) is 57.6 Å². The van der Waals surface area contributed by atoms with Gasteiger partial charge in [-0.2, -0.15) is 0 Å². The Bertz CT molecular complexity index is 1070. The van der Waals surface area contributed by atoms with Crippen LogP contribution in [0.2, 0.25) is 10.0 Å². The van der Waals surface area contributed by atoms with Gasteiger partial charge < -0.3 is 10.1 Å². The summed E-state index contributed by atoms with van der Waals surface area (Å²) >= 11 is 12.1. The number of rotatable bonds is 9. The van der Waals surface area contributed by atoms with E-state index in [0.29, 0.717) is 21.8 Å². The van der Waals surface area contributed by atoms with E-state index in [4.69, 9.17) is 27.9 Å². The number of amides is 1. The van der Waals surface area contributed by atoms with Crippen molar-refractivity contribution in [3.8, 4) is 0 Å². The maximum atomic E-state index is 12.4. The van der Waals surface area contributed by atoms with E-state index in [-0.39, 0.29) is 42.6 Å². The summed E-state index contributed by atoms with van der Waals surface area (Å²) in [6.45, 7) is 3.74. The number of halogens is 2. The molecule has 0 atom stereocenters. The highest BCUT2D eigenvalue weighted by Crippen LogP contribution is 2.31. The van der Waals surface area contributed by atoms with Crippen LogP contribution in [-0.4, -0.2) is 39.7 Å². The van der Waals surface area contributed by atoms with E-state index >= 15 is 0 Å². The van der Waals surface area contributed by atoms with Gasteiger partial charge in [0.15, 0.2) is 0 Å². The zero-order chi connectivity index (χ0) is 23.2. The van der Waals surface area contributed by atoms with Crippen LogP contribution in [0.1, 0.15) is 35.7 Å². The van der Waals surface area contributed by atoms with Gasteiger partial charge in [0.05, 0.1) is 29.1 Å². The third-order valence-electron chi connectivity index (χ3n) is 4.45. The van der Waals surface area contributed by atoms with Crippen LogP contribution in [-0.2, 0) is 19.6 Å². The van der Waals surface area contributed by atoms with Crippen LogP contribution in [0, 0.1) is 6.92 Å². The van der Waals surface area contributed by atoms with Crippen LogP contribution in [0.25, 0.3) is 0 Å². The lowest BCUT2D eigenvalue weighted by molar-refractivity contribution is -0.116. The Balaban J connectivity index is 2.06. The van der Waals surface area contributed by atoms with Gasteiger partial charge >= 0.3 is 5.97 Å². The van der Waals surface area contributed by atoms with Crippen LogP contribution < -0.4 is 9.62 Å². The minimum atomic E-state index is -3.63. The molecule has 10 heteroatoms. The molecule has 168 valence electrons. The first-order valence-electron chi connectivity index (χ1n) is 9.54. The third-order valence-corrected chi connectivity index (χ3v) is 6.18. The number of anilines is 2. The van der Waals surface area contributed by atoms with Gasteiger partial charge in [-0.15, -0.1) is 0 Å². The summed E-state index contributed by atoms with van der Waals surface area (Å²) in [7, 11) is -3.63. The molecule has 0 saturated heterocycles. The number of carbonyl (C=O) groups is 2. The molecule has 0 aliphatic rings. The number of benzene rings is 2. The number of sulfonamides is 1. The van der Waals surface area contributed by atoms with E-state index < -0.39 is 16.0 Å². The SMILES string of the molecule is CCOC(=O)c1cccc(NC(=O)CCCN(c2cc(Cl)ccc2Cl)S(C)(=O)=O)c1C. The second-order valence-corrected chi connectivity index (χ2v) is 9.53. The van der Waals surface area contributed by atoms with Gasteiger partial charge in [0, 0.05) is 23.7 Å². The van der Waals surface area contributed by atoms with Gasteiger partial charge in [-0.25, -0.2) is 13.2 Å². The van der Waals surface area contributed by atoms with E-state index in [9.17, 15) is 18.0 Å². The van der Waals surface area contributed by atoms with Crippen molar-refractivity contribution in [2.24, 2.45) is 0 Å². The van der Waals surface area contributed by atoms with Gasteiger partial charge in [-0.1, -0.05) is 29.3 Å². The quantitative estimate of drug-likeness (QED) is 0.520. The summed E-state index contributed by atoms with van der Waals surface area (Å²) in [6.07, 6.45) is 1.38. The molecule has 1 amide bonds. The molecule has 0 radical (unpaired) electrons. The normalized spacial score (nSPS) is 11.1. The molecular weight excluding hydrogens is 463 g/mol. The van der Waals surface area contributed by atoms with Crippen molar-refractivity contribution in [2.45, 2.75) is 26.7 Å². The molecule has 2 aromatic carbocycles. The Morgan fingerprint density at radius 2 is 1.87 bits per heavy atom. The number of nitrogens with one attached hydrogen (secondary N) is 1. The summed E-state index contributed by atoms with van der Waals surface area (Å²) in [5, 5.41) is 3.35. The second kappa shape index (κ2) is 10.8. The lowest BCUT2D eigenvalue weighted by atomic mass is 10.1. The zero-order valence-corrected chi connectivity index (χ0v) is 19.8. The smallest absolute Gasteiger partial charge is 0.338 e. The first-order chi connectivity index (χ1) is 14.5. The minimum Gasteiger partial charge on any atom is -0.462 e. The van der Waals surface area contributed by atoms with Gasteiger partial charge in [0.25, 0.3) is 0 Å². The lowest BCUT2D eigenvalue weighted by Crippen LogP contribution is -2.31. The lowest BCUT2D eigenvalue weighted by Gasteiger charge is -2.23. The number of hydrogen-bond donors (Lipinski definition) is 1. The molecule has 0 unspecified atom stereocenters. The first-order valence-corrected chi connectivity index (χ1v) is 12.1. The Labute approximate surface area is 192 Å². The van der Waals surface area contributed by atoms with E-state index in [1.54, 1.807) is 38.1 Å². The monoisotopic (exact) mass is 486 g/mol. The van der Waals surface area contributed by atoms with Crippen molar-refractivity contribution in [3.63, 3.8) is 0 Å². The molecule has 0 saturated carbocycles. The fraction of sp³-hybridized carbons (Fsp3) is 0.333. The molecular formula is C21H24Cl2N2O5S. The van der Waals surface area contributed by atoms with Crippen LogP contribution in [0.15, 0.2) is 36.4 Å². The highest BCUT2D eigenvalue weighted by Gasteiger charge is 2.21. The van der Waals surface area contributed by atoms with Gasteiger partial charge in [-0.3, -0.25) is 9.10 Å². The number of nitrogens with zero attached hydrogens (tertiary/aromatic N) is 1. The number of esters is 1. The van der Waals surface area contributed by atoms with Crippen molar-refractivity contribution in [1.29, 1.82) is 0 Å². The van der Waals surface area contributed by atoms with Crippen LogP contribution >= 0.6 is 23.2 Å². The molecule has 0 spiro atoms. The largest absolute Gasteiger partial charge is 0.462 e. The summed E-state index contributed by atoms with van der Waals surface area (Å²) in [5.74, 6) is -0.770. The fourth-order valence-electron chi connectivity index (χ4n) is 2.94. The molecule has 2 aromatic rings. The van der Waals surface area contributed by atoms with Crippen molar-refractivity contribution < 1.29 is 22.7 Å². The molecule has 31 heavy (non-hydrogen) atoms. The summed E-state index contributed by atoms with van der Waals surface area (Å²) in [5.41, 5.74) is 1.72. The van der Waals surface area contributed by atoms with E-state index in [0.717, 1.165) is 10.6 Å². The molecule has 0 heterocycles. The molecule has 7 nitrogen and oxygen atoms in total. The van der Waals surface area contributed by atoms with Crippen LogP contribution in [0.4, 0.5) is 11.4 Å². The highest BCUT2D eigenvalue weighted by atomic mass is 35.5. The molecule has 0 aliphatic carbocycles. The Morgan fingerprint density at radius 3 is 2.52 bits per heavy atom. The first kappa shape index (κ1) is 25.0. The Hall–Kier alpha value is -2.29. The number of hydrogen-bond acceptors (Lipinski definition) is 5. The van der Waals surface area contributed by atoms with Crippen molar-refractivity contribution in [2.75, 3.05) is 29.0 Å². The van der Waals surface area contributed by atoms with E-state index in [1.807, 2.05) is 0 Å². The fourth-order valence-corrected chi connectivity index (χ4v) is 4.34. The molecule has 0 aliphatic heterocycles. The molecule has 2 rings (SSSR count). The Kier molecular flexibility index (Phi) is 8.73. The van der Waals surface area contributed by atoms with E-state index in [2.05, 4.69) is 5.32 Å². The standard InChI is InChI=1S/C21H24Cl2N2O5S/c1-4-30-21(27)16-7-5-8-18(14(16)2)24-20(26)9-6-12-25(31(3,28)29)19-13-15(22)10-11-17(19)23/h5,7-8,10-11,13H,4,6,9,12H2,1-3H3,(H,24,26). The maximum absolute atomic E-state index is 12.4. The third kappa shape index (κ3) is 6.85. The number of carbonyl (C=O) groups excluding carboxylic acids is 2. The van der Waals surface area contributed by atoms with Gasteiger partial charge in [-0.05, 0) is 56.2 Å². The summed E-state index contributed by atoms with van der Waals surface area (Å²) in [4.78, 5) is 24.4. The van der Waals surface area contributed by atoms with Crippen LogP contribution in [0.3, 0.4) is 0 Å². The zero-order valence-electron chi connectivity index (χ0n) is 17.4. The molecule has 1 N–H and O–H groups in total. The van der Waals surface area contributed by atoms with Crippen molar-refractivity contribution in [1.82, 2.24) is 0 Å². The predicted octanol–water partition coefficient (Wildman–Crippen LogP) is 4.66. The Morgan fingerprint density at radius 1 is 1.16 bits per heavy atom. The molecule has 0 bridgehead atoms. The van der Waals surface area contributed by atoms with Crippen molar-refractivity contribution >= 4 is 56.5 Å². The second-order valence-electron chi connectivity index (χ2n) is 6.78. The molecule has 0 fully saturated rings. The summed E-state index contributed by atoms with van der Waals surface area (Å²) in [6, 6.07) is 9.51. The minimum absolute atomic E-state index is 0.0498. The van der Waals surface area contributed by atoms with Gasteiger partial charge in [0.2, 0.25) is 15.9 Å². The predicted molar refractivity (Wildman–Crippen MR) is 124 cm³/mol. The average Bonchev–Trinajstić information content (AvgIpc) is 2.68. The van der Waals surface area contributed by atoms with Crippen LogP contribution in [0.5, 0.6) is 0 Å². The maximum Gasteiger partial charge on any atom is 0.338 e. The summed E-state index contributed by atoms with van der Waals surface area (Å²) < 4.78 is 30.6. The van der Waals surface area contributed by atoms with E-state index in [1.165, 1.54) is 12.1 Å².